The average Bonchev–Trinajstić information content (AvgIpc) is 2.50. The van der Waals surface area contributed by atoms with E-state index in [1.807, 2.05) is 13.8 Å². The van der Waals surface area contributed by atoms with Gasteiger partial charge in [-0.05, 0) is 49.4 Å². The third-order valence-corrected chi connectivity index (χ3v) is 4.10. The van der Waals surface area contributed by atoms with E-state index >= 15 is 0 Å². The molecule has 1 aliphatic carbocycles. The summed E-state index contributed by atoms with van der Waals surface area (Å²) >= 11 is 0. The number of amides is 1. The van der Waals surface area contributed by atoms with Crippen LogP contribution in [0, 0.1) is 5.92 Å². The summed E-state index contributed by atoms with van der Waals surface area (Å²) in [6.45, 7) is 3.83. The van der Waals surface area contributed by atoms with Crippen molar-refractivity contribution in [3.05, 3.63) is 24.3 Å². The number of benzene rings is 1. The van der Waals surface area contributed by atoms with Crippen LogP contribution in [0.3, 0.4) is 0 Å². The predicted octanol–water partition coefficient (Wildman–Crippen LogP) is 2.71. The molecule has 0 radical (unpaired) electrons. The standard InChI is InChI=1S/C17H26N2O3.ClH/c1-11(2)16(18)17(21)19-12-7-9-13(10-8-12)22-15-6-4-3-5-14(15)20;/h7-11,14-16,20H,3-6,18H2,1-2H3,(H,19,21);1H. The largest absolute Gasteiger partial charge is 0.488 e. The molecule has 0 spiro atoms. The second-order valence-electron chi connectivity index (χ2n) is 6.29. The van der Waals surface area contributed by atoms with Crippen molar-refractivity contribution < 1.29 is 14.6 Å². The summed E-state index contributed by atoms with van der Waals surface area (Å²) in [5, 5.41) is 12.7. The van der Waals surface area contributed by atoms with Gasteiger partial charge in [0.1, 0.15) is 11.9 Å². The van der Waals surface area contributed by atoms with Crippen LogP contribution in [0.25, 0.3) is 0 Å². The van der Waals surface area contributed by atoms with Gasteiger partial charge in [-0.3, -0.25) is 4.79 Å². The zero-order chi connectivity index (χ0) is 16.1. The van der Waals surface area contributed by atoms with Crippen LogP contribution >= 0.6 is 12.4 Å². The van der Waals surface area contributed by atoms with E-state index in [9.17, 15) is 9.90 Å². The Bertz CT molecular complexity index is 493. The Morgan fingerprint density at radius 3 is 2.43 bits per heavy atom. The lowest BCUT2D eigenvalue weighted by Gasteiger charge is -2.28. The van der Waals surface area contributed by atoms with Crippen LogP contribution in [0.2, 0.25) is 0 Å². The molecule has 1 amide bonds. The van der Waals surface area contributed by atoms with Crippen molar-refractivity contribution in [2.24, 2.45) is 11.7 Å². The van der Waals surface area contributed by atoms with Gasteiger partial charge in [-0.15, -0.1) is 12.4 Å². The number of aliphatic hydroxyl groups excluding tert-OH is 1. The molecule has 0 heterocycles. The summed E-state index contributed by atoms with van der Waals surface area (Å²) in [6.07, 6.45) is 3.29. The molecule has 0 aromatic heterocycles. The van der Waals surface area contributed by atoms with Crippen molar-refractivity contribution in [1.29, 1.82) is 0 Å². The van der Waals surface area contributed by atoms with Gasteiger partial charge in [0.25, 0.3) is 0 Å². The molecular formula is C17H27ClN2O3. The summed E-state index contributed by atoms with van der Waals surface area (Å²) in [5.41, 5.74) is 6.50. The Kier molecular flexibility index (Phi) is 7.82. The molecule has 6 heteroatoms. The minimum Gasteiger partial charge on any atom is -0.488 e. The maximum Gasteiger partial charge on any atom is 0.241 e. The van der Waals surface area contributed by atoms with E-state index in [4.69, 9.17) is 10.5 Å². The van der Waals surface area contributed by atoms with Crippen LogP contribution in [-0.4, -0.2) is 29.3 Å². The second-order valence-corrected chi connectivity index (χ2v) is 6.29. The monoisotopic (exact) mass is 342 g/mol. The summed E-state index contributed by atoms with van der Waals surface area (Å²) in [7, 11) is 0. The fourth-order valence-corrected chi connectivity index (χ4v) is 2.53. The fourth-order valence-electron chi connectivity index (χ4n) is 2.53. The quantitative estimate of drug-likeness (QED) is 0.768. The van der Waals surface area contributed by atoms with E-state index in [-0.39, 0.29) is 30.3 Å². The van der Waals surface area contributed by atoms with Crippen molar-refractivity contribution in [3.63, 3.8) is 0 Å². The topological polar surface area (TPSA) is 84.6 Å². The number of halogens is 1. The summed E-state index contributed by atoms with van der Waals surface area (Å²) in [4.78, 5) is 11.9. The second kappa shape index (κ2) is 9.11. The first-order chi connectivity index (χ1) is 10.5. The smallest absolute Gasteiger partial charge is 0.241 e. The first-order valence-corrected chi connectivity index (χ1v) is 7.98. The third kappa shape index (κ3) is 5.68. The lowest BCUT2D eigenvalue weighted by atomic mass is 9.95. The van der Waals surface area contributed by atoms with E-state index in [2.05, 4.69) is 5.32 Å². The Morgan fingerprint density at radius 2 is 1.87 bits per heavy atom. The van der Waals surface area contributed by atoms with Crippen LogP contribution in [0.1, 0.15) is 39.5 Å². The molecule has 23 heavy (non-hydrogen) atoms. The number of hydrogen-bond acceptors (Lipinski definition) is 4. The Balaban J connectivity index is 0.00000264. The van der Waals surface area contributed by atoms with Gasteiger partial charge in [-0.2, -0.15) is 0 Å². The van der Waals surface area contributed by atoms with Gasteiger partial charge in [0.2, 0.25) is 5.91 Å². The van der Waals surface area contributed by atoms with Crippen LogP contribution in [0.5, 0.6) is 5.75 Å². The molecule has 1 aliphatic rings. The molecule has 4 N–H and O–H groups in total. The molecule has 1 aromatic carbocycles. The maximum absolute atomic E-state index is 11.9. The minimum atomic E-state index is -0.520. The van der Waals surface area contributed by atoms with E-state index < -0.39 is 12.1 Å². The van der Waals surface area contributed by atoms with Gasteiger partial charge in [-0.25, -0.2) is 0 Å². The lowest BCUT2D eigenvalue weighted by molar-refractivity contribution is -0.118. The van der Waals surface area contributed by atoms with Crippen molar-refractivity contribution in [3.8, 4) is 5.75 Å². The highest BCUT2D eigenvalue weighted by Crippen LogP contribution is 2.25. The normalized spacial score (nSPS) is 22.1. The number of aliphatic hydroxyl groups is 1. The van der Waals surface area contributed by atoms with Crippen molar-refractivity contribution >= 4 is 24.0 Å². The average molecular weight is 343 g/mol. The van der Waals surface area contributed by atoms with Crippen molar-refractivity contribution in [1.82, 2.24) is 0 Å². The molecule has 0 aliphatic heterocycles. The molecule has 5 nitrogen and oxygen atoms in total. The van der Waals surface area contributed by atoms with Gasteiger partial charge in [-0.1, -0.05) is 20.3 Å². The SMILES string of the molecule is CC(C)C(N)C(=O)Nc1ccc(OC2CCCCC2O)cc1.Cl. The fraction of sp³-hybridized carbons (Fsp3) is 0.588. The summed E-state index contributed by atoms with van der Waals surface area (Å²) < 4.78 is 5.83. The summed E-state index contributed by atoms with van der Waals surface area (Å²) in [6, 6.07) is 6.66. The molecule has 0 bridgehead atoms. The van der Waals surface area contributed by atoms with Crippen LogP contribution in [-0.2, 0) is 4.79 Å². The number of rotatable bonds is 5. The van der Waals surface area contributed by atoms with E-state index in [1.165, 1.54) is 0 Å². The van der Waals surface area contributed by atoms with Crippen LogP contribution in [0.15, 0.2) is 24.3 Å². The first-order valence-electron chi connectivity index (χ1n) is 7.98. The molecule has 1 aromatic rings. The van der Waals surface area contributed by atoms with Gasteiger partial charge in [0.15, 0.2) is 0 Å². The number of carbonyl (C=O) groups excluding carboxylic acids is 1. The zero-order valence-corrected chi connectivity index (χ0v) is 14.5. The van der Waals surface area contributed by atoms with Gasteiger partial charge in [0, 0.05) is 5.69 Å². The first kappa shape index (κ1) is 19.7. The Labute approximate surface area is 144 Å². The lowest BCUT2D eigenvalue weighted by Crippen LogP contribution is -2.39. The molecule has 3 atom stereocenters. The molecule has 0 saturated heterocycles. The molecule has 130 valence electrons. The third-order valence-electron chi connectivity index (χ3n) is 4.10. The highest BCUT2D eigenvalue weighted by Gasteiger charge is 2.24. The van der Waals surface area contributed by atoms with E-state index in [0.717, 1.165) is 25.7 Å². The Morgan fingerprint density at radius 1 is 1.26 bits per heavy atom. The van der Waals surface area contributed by atoms with Gasteiger partial charge < -0.3 is 20.9 Å². The number of nitrogens with two attached hydrogens (primary N) is 1. The van der Waals surface area contributed by atoms with E-state index in [1.54, 1.807) is 24.3 Å². The number of hydrogen-bond donors (Lipinski definition) is 3. The van der Waals surface area contributed by atoms with Crippen molar-refractivity contribution in [2.75, 3.05) is 5.32 Å². The van der Waals surface area contributed by atoms with Crippen LogP contribution < -0.4 is 15.8 Å². The van der Waals surface area contributed by atoms with E-state index in [0.29, 0.717) is 11.4 Å². The van der Waals surface area contributed by atoms with Crippen molar-refractivity contribution in [2.45, 2.75) is 57.8 Å². The number of ether oxygens (including phenoxy) is 1. The number of nitrogens with one attached hydrogen (secondary N) is 1. The minimum absolute atomic E-state index is 0. The highest BCUT2D eigenvalue weighted by molar-refractivity contribution is 5.94. The number of carbonyl (C=O) groups is 1. The summed E-state index contributed by atoms with van der Waals surface area (Å²) in [5.74, 6) is 0.610. The van der Waals surface area contributed by atoms with Gasteiger partial charge in [0.05, 0.1) is 12.1 Å². The predicted molar refractivity (Wildman–Crippen MR) is 94.0 cm³/mol. The molecule has 1 fully saturated rings. The highest BCUT2D eigenvalue weighted by atomic mass is 35.5. The molecule has 1 saturated carbocycles. The molecule has 2 rings (SSSR count). The zero-order valence-electron chi connectivity index (χ0n) is 13.7. The van der Waals surface area contributed by atoms with Gasteiger partial charge >= 0.3 is 0 Å². The van der Waals surface area contributed by atoms with Crippen LogP contribution in [0.4, 0.5) is 5.69 Å². The maximum atomic E-state index is 11.9. The number of anilines is 1. The molecular weight excluding hydrogens is 316 g/mol. The Hall–Kier alpha value is -1.30. The molecule has 3 unspecified atom stereocenters.